The van der Waals surface area contributed by atoms with Gasteiger partial charge in [-0.1, -0.05) is 30.3 Å². The lowest BCUT2D eigenvalue weighted by Crippen LogP contribution is -2.32. The van der Waals surface area contributed by atoms with Crippen molar-refractivity contribution in [1.29, 1.82) is 0 Å². The molecule has 1 fully saturated rings. The maximum atomic E-state index is 11.6. The maximum absolute atomic E-state index is 11.6. The Balaban J connectivity index is 0.00000162. The van der Waals surface area contributed by atoms with Gasteiger partial charge in [0.1, 0.15) is 6.04 Å². The Labute approximate surface area is 114 Å². The molecule has 0 amide bonds. The van der Waals surface area contributed by atoms with Crippen LogP contribution in [0.4, 0.5) is 0 Å². The third kappa shape index (κ3) is 4.00. The number of carbonyl (C=O) groups excluding carboxylic acids is 1. The standard InChI is InChI=1S/C14H19NO2.ClH/c1-2-17-14(16)13-9-12(10-15-13)8-11-6-4-3-5-7-11;/h3-7,12-13,15H,2,8-10H2,1H3;1H. The summed E-state index contributed by atoms with van der Waals surface area (Å²) in [5.74, 6) is 0.426. The summed E-state index contributed by atoms with van der Waals surface area (Å²) in [5, 5.41) is 3.24. The Morgan fingerprint density at radius 2 is 2.11 bits per heavy atom. The second kappa shape index (κ2) is 7.39. The molecule has 4 heteroatoms. The van der Waals surface area contributed by atoms with Crippen molar-refractivity contribution in [1.82, 2.24) is 5.32 Å². The summed E-state index contributed by atoms with van der Waals surface area (Å²) in [6.07, 6.45) is 1.91. The first-order valence-corrected chi connectivity index (χ1v) is 6.23. The Morgan fingerprint density at radius 1 is 1.39 bits per heavy atom. The van der Waals surface area contributed by atoms with E-state index in [1.165, 1.54) is 5.56 Å². The van der Waals surface area contributed by atoms with Crippen molar-refractivity contribution in [2.75, 3.05) is 13.2 Å². The second-order valence-corrected chi connectivity index (χ2v) is 4.50. The van der Waals surface area contributed by atoms with Crippen LogP contribution in [-0.2, 0) is 16.0 Å². The number of benzene rings is 1. The molecule has 1 aromatic rings. The highest BCUT2D eigenvalue weighted by molar-refractivity contribution is 5.85. The minimum Gasteiger partial charge on any atom is -0.465 e. The van der Waals surface area contributed by atoms with Crippen molar-refractivity contribution in [2.24, 2.45) is 5.92 Å². The van der Waals surface area contributed by atoms with Crippen LogP contribution < -0.4 is 5.32 Å². The summed E-state index contributed by atoms with van der Waals surface area (Å²) in [5.41, 5.74) is 1.34. The zero-order chi connectivity index (χ0) is 12.1. The second-order valence-electron chi connectivity index (χ2n) is 4.50. The third-order valence-corrected chi connectivity index (χ3v) is 3.16. The zero-order valence-corrected chi connectivity index (χ0v) is 11.4. The average molecular weight is 270 g/mol. The van der Waals surface area contributed by atoms with Gasteiger partial charge >= 0.3 is 5.97 Å². The topological polar surface area (TPSA) is 38.3 Å². The van der Waals surface area contributed by atoms with Gasteiger partial charge in [-0.3, -0.25) is 4.79 Å². The molecule has 3 nitrogen and oxygen atoms in total. The van der Waals surface area contributed by atoms with Gasteiger partial charge in [-0.2, -0.15) is 0 Å². The van der Waals surface area contributed by atoms with Crippen LogP contribution in [0.1, 0.15) is 18.9 Å². The average Bonchev–Trinajstić information content (AvgIpc) is 2.79. The van der Waals surface area contributed by atoms with Crippen molar-refractivity contribution in [3.63, 3.8) is 0 Å². The van der Waals surface area contributed by atoms with Crippen LogP contribution >= 0.6 is 12.4 Å². The SMILES string of the molecule is CCOC(=O)C1CC(Cc2ccccc2)CN1.Cl. The molecule has 2 rings (SSSR count). The van der Waals surface area contributed by atoms with Crippen molar-refractivity contribution in [3.8, 4) is 0 Å². The van der Waals surface area contributed by atoms with Crippen LogP contribution in [0.15, 0.2) is 30.3 Å². The van der Waals surface area contributed by atoms with E-state index in [1.807, 2.05) is 13.0 Å². The van der Waals surface area contributed by atoms with E-state index in [0.29, 0.717) is 12.5 Å². The van der Waals surface area contributed by atoms with Crippen LogP contribution in [0.3, 0.4) is 0 Å². The van der Waals surface area contributed by atoms with Crippen LogP contribution in [0.5, 0.6) is 0 Å². The molecule has 0 saturated carbocycles. The first-order chi connectivity index (χ1) is 8.29. The van der Waals surface area contributed by atoms with E-state index >= 15 is 0 Å². The fraction of sp³-hybridized carbons (Fsp3) is 0.500. The van der Waals surface area contributed by atoms with Gasteiger partial charge in [-0.05, 0) is 37.8 Å². The van der Waals surface area contributed by atoms with Crippen molar-refractivity contribution < 1.29 is 9.53 Å². The van der Waals surface area contributed by atoms with Gasteiger partial charge in [0.2, 0.25) is 0 Å². The lowest BCUT2D eigenvalue weighted by Gasteiger charge is -2.09. The molecule has 2 unspecified atom stereocenters. The van der Waals surface area contributed by atoms with E-state index < -0.39 is 0 Å². The van der Waals surface area contributed by atoms with Crippen LogP contribution in [-0.4, -0.2) is 25.2 Å². The summed E-state index contributed by atoms with van der Waals surface area (Å²) >= 11 is 0. The molecule has 0 radical (unpaired) electrons. The Bertz CT molecular complexity index is 369. The van der Waals surface area contributed by atoms with Crippen LogP contribution in [0.25, 0.3) is 0 Å². The van der Waals surface area contributed by atoms with E-state index in [4.69, 9.17) is 4.74 Å². The van der Waals surface area contributed by atoms with Crippen LogP contribution in [0, 0.1) is 5.92 Å². The van der Waals surface area contributed by atoms with E-state index in [0.717, 1.165) is 19.4 Å². The molecular formula is C14H20ClNO2. The fourth-order valence-electron chi connectivity index (χ4n) is 2.33. The van der Waals surface area contributed by atoms with Crippen LogP contribution in [0.2, 0.25) is 0 Å². The molecule has 18 heavy (non-hydrogen) atoms. The molecule has 1 heterocycles. The highest BCUT2D eigenvalue weighted by atomic mass is 35.5. The Hall–Kier alpha value is -1.06. The fourth-order valence-corrected chi connectivity index (χ4v) is 2.33. The minimum atomic E-state index is -0.108. The van der Waals surface area contributed by atoms with Gasteiger partial charge in [0.05, 0.1) is 6.61 Å². The molecule has 0 bridgehead atoms. The molecule has 0 aliphatic carbocycles. The molecule has 1 aromatic carbocycles. The molecule has 1 saturated heterocycles. The predicted molar refractivity (Wildman–Crippen MR) is 73.9 cm³/mol. The molecule has 0 spiro atoms. The number of rotatable bonds is 4. The number of halogens is 1. The summed E-state index contributed by atoms with van der Waals surface area (Å²) < 4.78 is 5.02. The van der Waals surface area contributed by atoms with E-state index in [2.05, 4.69) is 29.6 Å². The number of ether oxygens (including phenoxy) is 1. The summed E-state index contributed by atoms with van der Waals surface area (Å²) in [7, 11) is 0. The van der Waals surface area contributed by atoms with Gasteiger partial charge in [-0.25, -0.2) is 0 Å². The number of hydrogen-bond acceptors (Lipinski definition) is 3. The number of nitrogens with one attached hydrogen (secondary N) is 1. The molecular weight excluding hydrogens is 250 g/mol. The Kier molecular flexibility index (Phi) is 6.16. The largest absolute Gasteiger partial charge is 0.465 e. The van der Waals surface area contributed by atoms with Crippen molar-refractivity contribution >= 4 is 18.4 Å². The van der Waals surface area contributed by atoms with E-state index in [9.17, 15) is 4.79 Å². The lowest BCUT2D eigenvalue weighted by atomic mass is 9.97. The normalized spacial score (nSPS) is 22.3. The number of hydrogen-bond donors (Lipinski definition) is 1. The van der Waals surface area contributed by atoms with Gasteiger partial charge in [0.25, 0.3) is 0 Å². The van der Waals surface area contributed by atoms with Gasteiger partial charge in [0.15, 0.2) is 0 Å². The Morgan fingerprint density at radius 3 is 2.78 bits per heavy atom. The first kappa shape index (κ1) is 15.0. The molecule has 1 aliphatic rings. The summed E-state index contributed by atoms with van der Waals surface area (Å²) in [4.78, 5) is 11.6. The summed E-state index contributed by atoms with van der Waals surface area (Å²) in [6.45, 7) is 3.20. The molecule has 1 aliphatic heterocycles. The number of carbonyl (C=O) groups is 1. The predicted octanol–water partition coefficient (Wildman–Crippen LogP) is 2.19. The van der Waals surface area contributed by atoms with Gasteiger partial charge in [-0.15, -0.1) is 12.4 Å². The number of esters is 1. The first-order valence-electron chi connectivity index (χ1n) is 6.23. The summed E-state index contributed by atoms with van der Waals surface area (Å²) in [6, 6.07) is 10.3. The zero-order valence-electron chi connectivity index (χ0n) is 10.6. The van der Waals surface area contributed by atoms with Crippen molar-refractivity contribution in [3.05, 3.63) is 35.9 Å². The molecule has 0 aromatic heterocycles. The van der Waals surface area contributed by atoms with Gasteiger partial charge < -0.3 is 10.1 Å². The molecule has 1 N–H and O–H groups in total. The van der Waals surface area contributed by atoms with E-state index in [1.54, 1.807) is 0 Å². The van der Waals surface area contributed by atoms with Crippen molar-refractivity contribution in [2.45, 2.75) is 25.8 Å². The van der Waals surface area contributed by atoms with E-state index in [-0.39, 0.29) is 24.4 Å². The molecule has 100 valence electrons. The smallest absolute Gasteiger partial charge is 0.323 e. The highest BCUT2D eigenvalue weighted by Gasteiger charge is 2.30. The lowest BCUT2D eigenvalue weighted by molar-refractivity contribution is -0.145. The maximum Gasteiger partial charge on any atom is 0.323 e. The molecule has 2 atom stereocenters. The monoisotopic (exact) mass is 269 g/mol. The highest BCUT2D eigenvalue weighted by Crippen LogP contribution is 2.19. The third-order valence-electron chi connectivity index (χ3n) is 3.16. The van der Waals surface area contributed by atoms with Gasteiger partial charge in [0, 0.05) is 0 Å². The minimum absolute atomic E-state index is 0. The quantitative estimate of drug-likeness (QED) is 0.852.